The van der Waals surface area contributed by atoms with Gasteiger partial charge in [0.1, 0.15) is 17.2 Å². The number of fused-ring (bicyclic) bond motifs is 1. The van der Waals surface area contributed by atoms with Crippen LogP contribution in [-0.2, 0) is 14.8 Å². The van der Waals surface area contributed by atoms with Crippen LogP contribution in [0.15, 0.2) is 34.1 Å². The molecule has 2 unspecified atom stereocenters. The molecular formula is C21H26N4O5S. The number of aromatic amines is 2. The number of nitrogens with one attached hydrogen (secondary N) is 2. The van der Waals surface area contributed by atoms with Gasteiger partial charge in [0.15, 0.2) is 0 Å². The maximum Gasteiger partial charge on any atom is 0.260 e. The number of ether oxygens (including phenoxy) is 2. The third-order valence-electron chi connectivity index (χ3n) is 5.27. The summed E-state index contributed by atoms with van der Waals surface area (Å²) in [6, 6.07) is 4.62. The number of hydrogen-bond donors (Lipinski definition) is 2. The van der Waals surface area contributed by atoms with E-state index in [0.717, 1.165) is 5.56 Å². The molecule has 1 aliphatic heterocycles. The van der Waals surface area contributed by atoms with Crippen molar-refractivity contribution in [2.75, 3.05) is 19.7 Å². The molecule has 2 aromatic heterocycles. The molecule has 1 fully saturated rings. The summed E-state index contributed by atoms with van der Waals surface area (Å²) in [5.74, 6) is 0.680. The topological polar surface area (TPSA) is 117 Å². The van der Waals surface area contributed by atoms with Crippen molar-refractivity contribution in [2.24, 2.45) is 0 Å². The molecule has 3 aromatic rings. The second-order valence-corrected chi connectivity index (χ2v) is 9.72. The van der Waals surface area contributed by atoms with E-state index in [-0.39, 0.29) is 41.6 Å². The van der Waals surface area contributed by atoms with E-state index >= 15 is 0 Å². The maximum atomic E-state index is 13.3. The van der Waals surface area contributed by atoms with E-state index in [1.54, 1.807) is 12.3 Å². The van der Waals surface area contributed by atoms with Crippen LogP contribution in [0.3, 0.4) is 0 Å². The van der Waals surface area contributed by atoms with Gasteiger partial charge in [0.2, 0.25) is 10.0 Å². The number of nitrogens with zero attached hydrogens (tertiary/aromatic N) is 2. The van der Waals surface area contributed by atoms with E-state index in [1.807, 2.05) is 27.7 Å². The number of aryl methyl sites for hydroxylation is 1. The summed E-state index contributed by atoms with van der Waals surface area (Å²) >= 11 is 0. The highest BCUT2D eigenvalue weighted by molar-refractivity contribution is 7.89. The first-order valence-corrected chi connectivity index (χ1v) is 11.7. The molecule has 1 saturated heterocycles. The van der Waals surface area contributed by atoms with Crippen molar-refractivity contribution in [1.82, 2.24) is 19.3 Å². The van der Waals surface area contributed by atoms with Crippen LogP contribution < -0.4 is 10.3 Å². The maximum absolute atomic E-state index is 13.3. The molecule has 0 spiro atoms. The fourth-order valence-corrected chi connectivity index (χ4v) is 5.55. The average molecular weight is 447 g/mol. The van der Waals surface area contributed by atoms with Crippen molar-refractivity contribution in [2.45, 2.75) is 44.8 Å². The van der Waals surface area contributed by atoms with Gasteiger partial charge in [0.05, 0.1) is 34.7 Å². The smallest absolute Gasteiger partial charge is 0.260 e. The minimum absolute atomic E-state index is 0.109. The van der Waals surface area contributed by atoms with E-state index in [1.165, 1.54) is 16.4 Å². The monoisotopic (exact) mass is 446 g/mol. The third-order valence-corrected chi connectivity index (χ3v) is 7.10. The molecule has 3 heterocycles. The lowest BCUT2D eigenvalue weighted by Crippen LogP contribution is -2.48. The molecule has 1 aliphatic rings. The zero-order chi connectivity index (χ0) is 22.3. The molecule has 0 radical (unpaired) electrons. The van der Waals surface area contributed by atoms with E-state index in [2.05, 4.69) is 15.0 Å². The Morgan fingerprint density at radius 3 is 2.65 bits per heavy atom. The van der Waals surface area contributed by atoms with Crippen LogP contribution >= 0.6 is 0 Å². The van der Waals surface area contributed by atoms with Gasteiger partial charge in [0, 0.05) is 19.3 Å². The SMILES string of the molecule is CCOc1ccc(S(=O)(=O)N2CC(C)OC(C)C2)cc1-c1nc2[nH]cc(C)c2c(=O)[nH]1. The summed E-state index contributed by atoms with van der Waals surface area (Å²) in [4.78, 5) is 23.0. The summed E-state index contributed by atoms with van der Waals surface area (Å²) in [5.41, 5.74) is 1.32. The van der Waals surface area contributed by atoms with Crippen LogP contribution in [0.1, 0.15) is 26.3 Å². The summed E-state index contributed by atoms with van der Waals surface area (Å²) in [7, 11) is -3.77. The molecule has 0 amide bonds. The molecule has 1 aromatic carbocycles. The summed E-state index contributed by atoms with van der Waals surface area (Å²) < 4.78 is 39.5. The molecule has 9 nitrogen and oxygen atoms in total. The largest absolute Gasteiger partial charge is 0.493 e. The van der Waals surface area contributed by atoms with Crippen LogP contribution in [0.2, 0.25) is 0 Å². The summed E-state index contributed by atoms with van der Waals surface area (Å²) in [6.07, 6.45) is 1.32. The first-order chi connectivity index (χ1) is 14.7. The first kappa shape index (κ1) is 21.5. The minimum atomic E-state index is -3.77. The molecule has 2 atom stereocenters. The van der Waals surface area contributed by atoms with Gasteiger partial charge in [-0.1, -0.05) is 0 Å². The minimum Gasteiger partial charge on any atom is -0.493 e. The van der Waals surface area contributed by atoms with Gasteiger partial charge in [-0.05, 0) is 51.5 Å². The average Bonchev–Trinajstić information content (AvgIpc) is 3.09. The number of H-pyrrole nitrogens is 2. The Balaban J connectivity index is 1.83. The van der Waals surface area contributed by atoms with Crippen LogP contribution in [0.25, 0.3) is 22.4 Å². The molecule has 10 heteroatoms. The Labute approximate surface area is 180 Å². The number of rotatable bonds is 5. The standard InChI is InChI=1S/C21H26N4O5S/c1-5-29-17-7-6-15(31(27,28)25-10-13(3)30-14(4)11-25)8-16(17)19-23-20-18(21(26)24-19)12(2)9-22-20/h6-9,13-14H,5,10-11H2,1-4H3,(H2,22,23,24,26). The predicted molar refractivity (Wildman–Crippen MR) is 117 cm³/mol. The quantitative estimate of drug-likeness (QED) is 0.622. The Morgan fingerprint density at radius 1 is 1.26 bits per heavy atom. The fourth-order valence-electron chi connectivity index (χ4n) is 3.93. The lowest BCUT2D eigenvalue weighted by Gasteiger charge is -2.34. The van der Waals surface area contributed by atoms with Crippen molar-refractivity contribution < 1.29 is 17.9 Å². The van der Waals surface area contributed by atoms with Crippen LogP contribution in [0, 0.1) is 6.92 Å². The van der Waals surface area contributed by atoms with E-state index < -0.39 is 10.0 Å². The second-order valence-electron chi connectivity index (χ2n) is 7.78. The Hall–Kier alpha value is -2.69. The van der Waals surface area contributed by atoms with E-state index in [4.69, 9.17) is 9.47 Å². The van der Waals surface area contributed by atoms with Gasteiger partial charge in [-0.15, -0.1) is 0 Å². The molecule has 0 saturated carbocycles. The molecule has 0 aliphatic carbocycles. The van der Waals surface area contributed by atoms with Gasteiger partial charge < -0.3 is 19.4 Å². The van der Waals surface area contributed by atoms with Gasteiger partial charge >= 0.3 is 0 Å². The number of hydrogen-bond acceptors (Lipinski definition) is 6. The van der Waals surface area contributed by atoms with Gasteiger partial charge in [0.25, 0.3) is 5.56 Å². The van der Waals surface area contributed by atoms with E-state index in [0.29, 0.717) is 29.0 Å². The number of sulfonamides is 1. The fraction of sp³-hybridized carbons (Fsp3) is 0.429. The zero-order valence-electron chi connectivity index (χ0n) is 17.9. The summed E-state index contributed by atoms with van der Waals surface area (Å²) in [6.45, 7) is 8.28. The van der Waals surface area contributed by atoms with Crippen molar-refractivity contribution in [3.63, 3.8) is 0 Å². The molecule has 31 heavy (non-hydrogen) atoms. The Bertz CT molecular complexity index is 1270. The third kappa shape index (κ3) is 3.98. The Morgan fingerprint density at radius 2 is 1.97 bits per heavy atom. The van der Waals surface area contributed by atoms with Crippen LogP contribution in [-0.4, -0.2) is 59.6 Å². The second kappa shape index (κ2) is 8.10. The van der Waals surface area contributed by atoms with Crippen LogP contribution in [0.4, 0.5) is 0 Å². The molecule has 4 rings (SSSR count). The molecule has 166 valence electrons. The van der Waals surface area contributed by atoms with Gasteiger partial charge in [-0.25, -0.2) is 13.4 Å². The van der Waals surface area contributed by atoms with Gasteiger partial charge in [-0.2, -0.15) is 4.31 Å². The zero-order valence-corrected chi connectivity index (χ0v) is 18.7. The number of morpholine rings is 1. The normalized spacial score (nSPS) is 20.3. The van der Waals surface area contributed by atoms with Crippen molar-refractivity contribution >= 4 is 21.1 Å². The van der Waals surface area contributed by atoms with Crippen molar-refractivity contribution in [1.29, 1.82) is 0 Å². The lowest BCUT2D eigenvalue weighted by atomic mass is 10.1. The highest BCUT2D eigenvalue weighted by Crippen LogP contribution is 2.32. The molecule has 2 N–H and O–H groups in total. The highest BCUT2D eigenvalue weighted by atomic mass is 32.2. The van der Waals surface area contributed by atoms with Crippen molar-refractivity contribution in [3.8, 4) is 17.1 Å². The first-order valence-electron chi connectivity index (χ1n) is 10.2. The summed E-state index contributed by atoms with van der Waals surface area (Å²) in [5, 5.41) is 0.474. The highest BCUT2D eigenvalue weighted by Gasteiger charge is 2.33. The lowest BCUT2D eigenvalue weighted by molar-refractivity contribution is -0.0440. The number of aromatic nitrogens is 3. The molecule has 0 bridgehead atoms. The van der Waals surface area contributed by atoms with E-state index in [9.17, 15) is 13.2 Å². The van der Waals surface area contributed by atoms with Crippen molar-refractivity contribution in [3.05, 3.63) is 40.3 Å². The van der Waals surface area contributed by atoms with Crippen LogP contribution in [0.5, 0.6) is 5.75 Å². The Kier molecular flexibility index (Phi) is 5.63. The molecular weight excluding hydrogens is 420 g/mol. The number of benzene rings is 1. The predicted octanol–water partition coefficient (Wildman–Crippen LogP) is 2.42. The van der Waals surface area contributed by atoms with Gasteiger partial charge in [-0.3, -0.25) is 4.79 Å².